The molecule has 2 aromatic rings. The molecule has 122 valence electrons. The molecule has 4 nitrogen and oxygen atoms in total. The van der Waals surface area contributed by atoms with Crippen molar-refractivity contribution in [2.24, 2.45) is 0 Å². The van der Waals surface area contributed by atoms with Gasteiger partial charge < -0.3 is 20.1 Å². The van der Waals surface area contributed by atoms with Crippen LogP contribution < -0.4 is 20.1 Å². The summed E-state index contributed by atoms with van der Waals surface area (Å²) in [6, 6.07) is 13.7. The molecule has 0 bridgehead atoms. The number of para-hydroxylation sites is 3. The highest BCUT2D eigenvalue weighted by Crippen LogP contribution is 2.25. The third-order valence-corrected chi connectivity index (χ3v) is 3.28. The topological polar surface area (TPSA) is 42.5 Å². The summed E-state index contributed by atoms with van der Waals surface area (Å²) in [6.07, 6.45) is 0. The molecule has 0 saturated carbocycles. The minimum atomic E-state index is -0.352. The molecule has 0 aliphatic heterocycles. The summed E-state index contributed by atoms with van der Waals surface area (Å²) in [5.74, 6) is 0.984. The first-order valence-corrected chi connectivity index (χ1v) is 7.59. The van der Waals surface area contributed by atoms with Crippen LogP contribution in [0.5, 0.6) is 11.5 Å². The van der Waals surface area contributed by atoms with Crippen LogP contribution in [-0.4, -0.2) is 24.9 Å². The standard InChI is InChI=1S/C17H19FN2O2S/c1-12(11-22-16-10-6-5-9-15(16)21-2)19-17(23)20-14-8-4-3-7-13(14)18/h3-10,12H,11H2,1-2H3,(H2,19,20,23)/t12-/m1/s1. The van der Waals surface area contributed by atoms with E-state index in [-0.39, 0.29) is 11.9 Å². The average Bonchev–Trinajstić information content (AvgIpc) is 2.55. The molecule has 0 radical (unpaired) electrons. The highest BCUT2D eigenvalue weighted by Gasteiger charge is 2.09. The Labute approximate surface area is 140 Å². The van der Waals surface area contributed by atoms with Crippen molar-refractivity contribution in [3.8, 4) is 11.5 Å². The summed E-state index contributed by atoms with van der Waals surface area (Å²) in [5.41, 5.74) is 0.336. The highest BCUT2D eigenvalue weighted by molar-refractivity contribution is 7.80. The van der Waals surface area contributed by atoms with Crippen molar-refractivity contribution < 1.29 is 13.9 Å². The van der Waals surface area contributed by atoms with Crippen LogP contribution in [0.3, 0.4) is 0 Å². The predicted octanol–water partition coefficient (Wildman–Crippen LogP) is 3.59. The summed E-state index contributed by atoms with van der Waals surface area (Å²) >= 11 is 5.18. The largest absolute Gasteiger partial charge is 0.493 e. The Balaban J connectivity index is 1.83. The number of thiocarbonyl (C=S) groups is 1. The van der Waals surface area contributed by atoms with Crippen LogP contribution in [0.4, 0.5) is 10.1 Å². The van der Waals surface area contributed by atoms with Crippen molar-refractivity contribution in [2.75, 3.05) is 19.0 Å². The zero-order chi connectivity index (χ0) is 16.7. The second-order valence-corrected chi connectivity index (χ2v) is 5.35. The van der Waals surface area contributed by atoms with Gasteiger partial charge in [-0.15, -0.1) is 0 Å². The van der Waals surface area contributed by atoms with Crippen LogP contribution in [0, 0.1) is 5.82 Å². The van der Waals surface area contributed by atoms with Gasteiger partial charge in [0.2, 0.25) is 0 Å². The number of ether oxygens (including phenoxy) is 2. The van der Waals surface area contributed by atoms with Gasteiger partial charge >= 0.3 is 0 Å². The van der Waals surface area contributed by atoms with E-state index in [9.17, 15) is 4.39 Å². The van der Waals surface area contributed by atoms with Crippen molar-refractivity contribution in [3.63, 3.8) is 0 Å². The maximum Gasteiger partial charge on any atom is 0.171 e. The van der Waals surface area contributed by atoms with Crippen LogP contribution in [-0.2, 0) is 0 Å². The molecular formula is C17H19FN2O2S. The van der Waals surface area contributed by atoms with Crippen LogP contribution in [0.1, 0.15) is 6.92 Å². The van der Waals surface area contributed by atoms with Gasteiger partial charge in [-0.2, -0.15) is 0 Å². The second kappa shape index (κ2) is 8.33. The lowest BCUT2D eigenvalue weighted by Crippen LogP contribution is -2.39. The maximum absolute atomic E-state index is 13.6. The summed E-state index contributed by atoms with van der Waals surface area (Å²) < 4.78 is 24.5. The molecule has 1 atom stereocenters. The number of hydrogen-bond acceptors (Lipinski definition) is 3. The molecule has 0 heterocycles. The Hall–Kier alpha value is -2.34. The molecule has 2 aromatic carbocycles. The first-order valence-electron chi connectivity index (χ1n) is 7.18. The number of nitrogens with one attached hydrogen (secondary N) is 2. The molecule has 0 aliphatic rings. The first kappa shape index (κ1) is 17.0. The first-order chi connectivity index (χ1) is 11.1. The molecule has 0 saturated heterocycles. The zero-order valence-electron chi connectivity index (χ0n) is 13.0. The van der Waals surface area contributed by atoms with Crippen molar-refractivity contribution in [1.29, 1.82) is 0 Å². The monoisotopic (exact) mass is 334 g/mol. The molecule has 0 aliphatic carbocycles. The lowest BCUT2D eigenvalue weighted by molar-refractivity contribution is 0.270. The predicted molar refractivity (Wildman–Crippen MR) is 93.7 cm³/mol. The maximum atomic E-state index is 13.6. The van der Waals surface area contributed by atoms with E-state index < -0.39 is 0 Å². The molecule has 0 amide bonds. The van der Waals surface area contributed by atoms with Gasteiger partial charge in [0.1, 0.15) is 12.4 Å². The van der Waals surface area contributed by atoms with Gasteiger partial charge in [0.05, 0.1) is 18.8 Å². The van der Waals surface area contributed by atoms with Crippen molar-refractivity contribution in [2.45, 2.75) is 13.0 Å². The number of rotatable bonds is 6. The van der Waals surface area contributed by atoms with Crippen molar-refractivity contribution in [1.82, 2.24) is 5.32 Å². The van der Waals surface area contributed by atoms with E-state index in [1.54, 1.807) is 25.3 Å². The molecule has 0 aromatic heterocycles. The molecule has 2 rings (SSSR count). The number of halogens is 1. The Bertz CT molecular complexity index is 667. The summed E-state index contributed by atoms with van der Waals surface area (Å²) in [7, 11) is 1.59. The summed E-state index contributed by atoms with van der Waals surface area (Å²) in [6.45, 7) is 2.31. The van der Waals surface area contributed by atoms with E-state index in [0.717, 1.165) is 0 Å². The molecule has 0 fully saturated rings. The lowest BCUT2D eigenvalue weighted by Gasteiger charge is -2.18. The van der Waals surface area contributed by atoms with E-state index in [2.05, 4.69) is 10.6 Å². The fraction of sp³-hybridized carbons (Fsp3) is 0.235. The van der Waals surface area contributed by atoms with E-state index in [4.69, 9.17) is 21.7 Å². The Morgan fingerprint density at radius 1 is 1.13 bits per heavy atom. The van der Waals surface area contributed by atoms with Gasteiger partial charge in [-0.3, -0.25) is 0 Å². The fourth-order valence-corrected chi connectivity index (χ4v) is 2.25. The molecule has 0 spiro atoms. The number of anilines is 1. The van der Waals surface area contributed by atoms with E-state index in [0.29, 0.717) is 28.9 Å². The van der Waals surface area contributed by atoms with Crippen LogP contribution in [0.25, 0.3) is 0 Å². The SMILES string of the molecule is COc1ccccc1OC[C@@H](C)NC(=S)Nc1ccccc1F. The van der Waals surface area contributed by atoms with E-state index in [1.807, 2.05) is 31.2 Å². The fourth-order valence-electron chi connectivity index (χ4n) is 1.94. The van der Waals surface area contributed by atoms with Gasteiger partial charge in [-0.05, 0) is 43.4 Å². The van der Waals surface area contributed by atoms with E-state index >= 15 is 0 Å². The van der Waals surface area contributed by atoms with Crippen LogP contribution >= 0.6 is 12.2 Å². The minimum Gasteiger partial charge on any atom is -0.493 e. The minimum absolute atomic E-state index is 0.0633. The second-order valence-electron chi connectivity index (χ2n) is 4.94. The van der Waals surface area contributed by atoms with Crippen molar-refractivity contribution >= 4 is 23.0 Å². The smallest absolute Gasteiger partial charge is 0.171 e. The highest BCUT2D eigenvalue weighted by atomic mass is 32.1. The zero-order valence-corrected chi connectivity index (χ0v) is 13.8. The third-order valence-electron chi connectivity index (χ3n) is 3.06. The summed E-state index contributed by atoms with van der Waals surface area (Å²) in [4.78, 5) is 0. The molecule has 0 unspecified atom stereocenters. The molecule has 6 heteroatoms. The Morgan fingerprint density at radius 2 is 1.78 bits per heavy atom. The summed E-state index contributed by atoms with van der Waals surface area (Å²) in [5, 5.41) is 6.22. The number of benzene rings is 2. The molecular weight excluding hydrogens is 315 g/mol. The van der Waals surface area contributed by atoms with Crippen LogP contribution in [0.2, 0.25) is 0 Å². The molecule has 2 N–H and O–H groups in total. The number of hydrogen-bond donors (Lipinski definition) is 2. The Morgan fingerprint density at radius 3 is 2.48 bits per heavy atom. The van der Waals surface area contributed by atoms with Gasteiger partial charge in [-0.1, -0.05) is 24.3 Å². The van der Waals surface area contributed by atoms with E-state index in [1.165, 1.54) is 6.07 Å². The van der Waals surface area contributed by atoms with Gasteiger partial charge in [0, 0.05) is 0 Å². The number of methoxy groups -OCH3 is 1. The van der Waals surface area contributed by atoms with Gasteiger partial charge in [0.15, 0.2) is 16.6 Å². The van der Waals surface area contributed by atoms with Gasteiger partial charge in [0.25, 0.3) is 0 Å². The lowest BCUT2D eigenvalue weighted by atomic mass is 10.3. The van der Waals surface area contributed by atoms with Crippen LogP contribution in [0.15, 0.2) is 48.5 Å². The Kier molecular flexibility index (Phi) is 6.17. The normalized spacial score (nSPS) is 11.4. The van der Waals surface area contributed by atoms with Gasteiger partial charge in [-0.25, -0.2) is 4.39 Å². The molecule has 23 heavy (non-hydrogen) atoms. The average molecular weight is 334 g/mol. The third kappa shape index (κ3) is 5.10. The van der Waals surface area contributed by atoms with Crippen molar-refractivity contribution in [3.05, 3.63) is 54.3 Å². The quantitative estimate of drug-likeness (QED) is 0.790.